The van der Waals surface area contributed by atoms with E-state index < -0.39 is 34.2 Å². The van der Waals surface area contributed by atoms with E-state index in [2.05, 4.69) is 20.7 Å². The number of methoxy groups -OCH3 is 1. The number of benzene rings is 2. The van der Waals surface area contributed by atoms with E-state index >= 15 is 0 Å². The first-order valence-electron chi connectivity index (χ1n) is 14.4. The number of halogens is 2. The van der Waals surface area contributed by atoms with Crippen molar-refractivity contribution < 1.29 is 32.7 Å². The number of ether oxygens (including phenoxy) is 1. The predicted molar refractivity (Wildman–Crippen MR) is 155 cm³/mol. The molecule has 0 atom stereocenters. The fourth-order valence-electron chi connectivity index (χ4n) is 6.10. The topological polar surface area (TPSA) is 117 Å². The van der Waals surface area contributed by atoms with Gasteiger partial charge in [0, 0.05) is 31.3 Å². The minimum Gasteiger partial charge on any atom is -0.497 e. The van der Waals surface area contributed by atoms with Crippen LogP contribution >= 0.6 is 0 Å². The van der Waals surface area contributed by atoms with Crippen molar-refractivity contribution in [2.75, 3.05) is 20.2 Å². The lowest BCUT2D eigenvalue weighted by molar-refractivity contribution is -0.127. The van der Waals surface area contributed by atoms with Crippen molar-refractivity contribution in [2.45, 2.75) is 75.6 Å². The summed E-state index contributed by atoms with van der Waals surface area (Å²) < 4.78 is 38.2. The Labute approximate surface area is 249 Å². The van der Waals surface area contributed by atoms with E-state index in [-0.39, 0.29) is 35.4 Å². The number of nitrogens with one attached hydrogen (secondary N) is 2. The summed E-state index contributed by atoms with van der Waals surface area (Å²) in [5, 5.41) is 20.3. The standard InChI is InChI=1S/C32H38F2N4O5/c1-30(2,20-6-5-7-23(14-20)42-4)35-28(39)17-32(18-38(19-32)22-10-12-31(3,41)13-11-22)36-29(40)26-16-27(43-37-26)24-9-8-21(33)15-25(24)34/h5-9,14-16,22,41H,10-13,17-19H2,1-4H3,(H,35,39)(H,36,40). The smallest absolute Gasteiger partial charge is 0.274 e. The van der Waals surface area contributed by atoms with Crippen LogP contribution in [0.15, 0.2) is 53.1 Å². The van der Waals surface area contributed by atoms with Crippen molar-refractivity contribution in [2.24, 2.45) is 0 Å². The van der Waals surface area contributed by atoms with Gasteiger partial charge in [-0.15, -0.1) is 0 Å². The molecule has 2 aliphatic rings. The van der Waals surface area contributed by atoms with Crippen LogP contribution in [0.25, 0.3) is 11.3 Å². The molecule has 9 nitrogen and oxygen atoms in total. The molecule has 43 heavy (non-hydrogen) atoms. The summed E-state index contributed by atoms with van der Waals surface area (Å²) in [6, 6.07) is 12.0. The van der Waals surface area contributed by atoms with Crippen molar-refractivity contribution in [3.8, 4) is 17.1 Å². The van der Waals surface area contributed by atoms with Crippen LogP contribution in [-0.2, 0) is 10.3 Å². The lowest BCUT2D eigenvalue weighted by Crippen LogP contribution is -2.73. The molecule has 0 bridgehead atoms. The van der Waals surface area contributed by atoms with Crippen molar-refractivity contribution in [1.82, 2.24) is 20.7 Å². The van der Waals surface area contributed by atoms with Crippen molar-refractivity contribution in [3.63, 3.8) is 0 Å². The Morgan fingerprint density at radius 1 is 1.14 bits per heavy atom. The molecule has 1 saturated carbocycles. The summed E-state index contributed by atoms with van der Waals surface area (Å²) in [6.07, 6.45) is 3.03. The number of rotatable bonds is 9. The summed E-state index contributed by atoms with van der Waals surface area (Å²) in [6.45, 7) is 6.53. The number of carbonyl (C=O) groups excluding carboxylic acids is 2. The van der Waals surface area contributed by atoms with Gasteiger partial charge in [0.05, 0.1) is 35.8 Å². The lowest BCUT2D eigenvalue weighted by Gasteiger charge is -2.54. The Bertz CT molecular complexity index is 1490. The number of amides is 2. The molecular weight excluding hydrogens is 558 g/mol. The fourth-order valence-corrected chi connectivity index (χ4v) is 6.10. The molecule has 1 saturated heterocycles. The van der Waals surface area contributed by atoms with E-state index in [0.717, 1.165) is 30.5 Å². The Hall–Kier alpha value is -3.83. The molecule has 2 amide bonds. The Morgan fingerprint density at radius 2 is 1.86 bits per heavy atom. The van der Waals surface area contributed by atoms with Crippen LogP contribution in [-0.4, -0.2) is 64.4 Å². The molecular formula is C32H38F2N4O5. The van der Waals surface area contributed by atoms with Crippen LogP contribution in [0, 0.1) is 11.6 Å². The number of hydrogen-bond donors (Lipinski definition) is 3. The van der Waals surface area contributed by atoms with Gasteiger partial charge >= 0.3 is 0 Å². The van der Waals surface area contributed by atoms with Gasteiger partial charge in [0.2, 0.25) is 5.91 Å². The van der Waals surface area contributed by atoms with Crippen LogP contribution in [0.2, 0.25) is 0 Å². The number of likely N-dealkylation sites (tertiary alicyclic amines) is 1. The Morgan fingerprint density at radius 3 is 2.53 bits per heavy atom. The summed E-state index contributed by atoms with van der Waals surface area (Å²) in [5.74, 6) is -1.71. The van der Waals surface area contributed by atoms with Crippen LogP contribution in [0.5, 0.6) is 5.75 Å². The SMILES string of the molecule is COc1cccc(C(C)(C)NC(=O)CC2(NC(=O)c3cc(-c4ccc(F)cc4F)on3)CN(C3CCC(C)(O)CC3)C2)c1. The average Bonchev–Trinajstić information content (AvgIpc) is 3.41. The van der Waals surface area contributed by atoms with Gasteiger partial charge in [-0.05, 0) is 76.3 Å². The van der Waals surface area contributed by atoms with E-state index in [9.17, 15) is 23.5 Å². The van der Waals surface area contributed by atoms with Crippen LogP contribution in [0.3, 0.4) is 0 Å². The molecule has 3 N–H and O–H groups in total. The summed E-state index contributed by atoms with van der Waals surface area (Å²) >= 11 is 0. The molecule has 2 heterocycles. The fraction of sp³-hybridized carbons (Fsp3) is 0.469. The van der Waals surface area contributed by atoms with E-state index in [1.165, 1.54) is 12.1 Å². The molecule has 11 heteroatoms. The van der Waals surface area contributed by atoms with E-state index in [4.69, 9.17) is 9.26 Å². The summed E-state index contributed by atoms with van der Waals surface area (Å²) in [4.78, 5) is 29.1. The van der Waals surface area contributed by atoms with E-state index in [1.807, 2.05) is 45.0 Å². The third-order valence-corrected chi connectivity index (χ3v) is 8.62. The maximum absolute atomic E-state index is 14.3. The second kappa shape index (κ2) is 11.7. The number of aliphatic hydroxyl groups is 1. The van der Waals surface area contributed by atoms with Crippen LogP contribution < -0.4 is 15.4 Å². The highest BCUT2D eigenvalue weighted by molar-refractivity contribution is 5.94. The number of aromatic nitrogens is 1. The minimum absolute atomic E-state index is 0.0148. The predicted octanol–water partition coefficient (Wildman–Crippen LogP) is 4.55. The van der Waals surface area contributed by atoms with Gasteiger partial charge in [-0.2, -0.15) is 0 Å². The largest absolute Gasteiger partial charge is 0.497 e. The maximum Gasteiger partial charge on any atom is 0.274 e. The molecule has 5 rings (SSSR count). The molecule has 0 unspecified atom stereocenters. The highest BCUT2D eigenvalue weighted by Crippen LogP contribution is 2.37. The Balaban J connectivity index is 1.31. The van der Waals surface area contributed by atoms with Gasteiger partial charge in [-0.25, -0.2) is 8.78 Å². The molecule has 1 aliphatic carbocycles. The van der Waals surface area contributed by atoms with Gasteiger partial charge in [0.25, 0.3) is 5.91 Å². The first-order chi connectivity index (χ1) is 20.3. The van der Waals surface area contributed by atoms with E-state index in [1.54, 1.807) is 7.11 Å². The zero-order chi connectivity index (χ0) is 31.0. The molecule has 1 aliphatic heterocycles. The molecule has 230 valence electrons. The third kappa shape index (κ3) is 6.88. The number of hydrogen-bond acceptors (Lipinski definition) is 7. The summed E-state index contributed by atoms with van der Waals surface area (Å²) in [7, 11) is 1.58. The number of carbonyl (C=O) groups is 2. The monoisotopic (exact) mass is 596 g/mol. The zero-order valence-electron chi connectivity index (χ0n) is 24.9. The first kappa shape index (κ1) is 30.6. The average molecular weight is 597 g/mol. The molecule has 2 fully saturated rings. The van der Waals surface area contributed by atoms with Gasteiger partial charge in [0.1, 0.15) is 17.4 Å². The maximum atomic E-state index is 14.3. The molecule has 1 aromatic heterocycles. The Kier molecular flexibility index (Phi) is 8.32. The second-order valence-electron chi connectivity index (χ2n) is 12.7. The van der Waals surface area contributed by atoms with Gasteiger partial charge in [-0.1, -0.05) is 17.3 Å². The second-order valence-corrected chi connectivity index (χ2v) is 12.7. The lowest BCUT2D eigenvalue weighted by atomic mass is 9.78. The molecule has 0 radical (unpaired) electrons. The van der Waals surface area contributed by atoms with Gasteiger partial charge in [0.15, 0.2) is 11.5 Å². The van der Waals surface area contributed by atoms with E-state index in [0.29, 0.717) is 31.7 Å². The number of nitrogens with zero attached hydrogens (tertiary/aromatic N) is 2. The summed E-state index contributed by atoms with van der Waals surface area (Å²) in [5.41, 5.74) is -1.51. The zero-order valence-corrected chi connectivity index (χ0v) is 24.9. The molecule has 3 aromatic rings. The molecule has 0 spiro atoms. The van der Waals surface area contributed by atoms with Crippen molar-refractivity contribution in [3.05, 3.63) is 71.4 Å². The quantitative estimate of drug-likeness (QED) is 0.332. The first-order valence-corrected chi connectivity index (χ1v) is 14.4. The highest BCUT2D eigenvalue weighted by atomic mass is 19.1. The van der Waals surface area contributed by atoms with Crippen molar-refractivity contribution >= 4 is 11.8 Å². The van der Waals surface area contributed by atoms with Crippen molar-refractivity contribution in [1.29, 1.82) is 0 Å². The minimum atomic E-state index is -0.883. The third-order valence-electron chi connectivity index (χ3n) is 8.62. The van der Waals surface area contributed by atoms with Crippen LogP contribution in [0.4, 0.5) is 8.78 Å². The highest BCUT2D eigenvalue weighted by Gasteiger charge is 2.49. The van der Waals surface area contributed by atoms with Crippen LogP contribution in [0.1, 0.15) is 68.9 Å². The van der Waals surface area contributed by atoms with Gasteiger partial charge in [-0.3, -0.25) is 14.5 Å². The normalized spacial score (nSPS) is 22.0. The molecule has 2 aromatic carbocycles. The van der Waals surface area contributed by atoms with Gasteiger partial charge < -0.3 is 25.0 Å².